The van der Waals surface area contributed by atoms with Crippen molar-refractivity contribution in [3.63, 3.8) is 0 Å². The van der Waals surface area contributed by atoms with Gasteiger partial charge in [-0.15, -0.1) is 0 Å². The molecule has 1 N–H and O–H groups in total. The predicted octanol–water partition coefficient (Wildman–Crippen LogP) is 2.53. The molecule has 4 rings (SSSR count). The van der Waals surface area contributed by atoms with Gasteiger partial charge in [-0.3, -0.25) is 19.2 Å². The Morgan fingerprint density at radius 3 is 2.61 bits per heavy atom. The van der Waals surface area contributed by atoms with Crippen molar-refractivity contribution in [1.82, 2.24) is 20.0 Å². The van der Waals surface area contributed by atoms with E-state index in [0.717, 1.165) is 24.2 Å². The van der Waals surface area contributed by atoms with Crippen LogP contribution in [0.2, 0.25) is 5.02 Å². The lowest BCUT2D eigenvalue weighted by molar-refractivity contribution is 0.0342. The van der Waals surface area contributed by atoms with Crippen LogP contribution in [0.1, 0.15) is 27.2 Å². The molecule has 31 heavy (non-hydrogen) atoms. The van der Waals surface area contributed by atoms with Gasteiger partial charge in [0.25, 0.3) is 5.91 Å². The number of benzene rings is 2. The van der Waals surface area contributed by atoms with E-state index < -0.39 is 11.3 Å². The maximum atomic E-state index is 13.2. The molecule has 2 aromatic carbocycles. The molecule has 8 heteroatoms. The first-order valence-electron chi connectivity index (χ1n) is 10.1. The van der Waals surface area contributed by atoms with Gasteiger partial charge in [0, 0.05) is 38.2 Å². The third-order valence-electron chi connectivity index (χ3n) is 5.37. The lowest BCUT2D eigenvalue weighted by atomic mass is 10.0. The minimum absolute atomic E-state index is 0.133. The summed E-state index contributed by atoms with van der Waals surface area (Å²) >= 11 is 5.90. The van der Waals surface area contributed by atoms with Crippen LogP contribution in [0.15, 0.2) is 41.2 Å². The van der Waals surface area contributed by atoms with Crippen LogP contribution in [0.4, 0.5) is 0 Å². The third-order valence-corrected chi connectivity index (χ3v) is 5.63. The Bertz CT molecular complexity index is 1170. The second-order valence-corrected chi connectivity index (χ2v) is 8.09. The number of nitrogens with one attached hydrogen (secondary N) is 1. The molecular weight excluding hydrogens is 416 g/mol. The molecule has 2 heterocycles. The van der Waals surface area contributed by atoms with E-state index in [9.17, 15) is 9.59 Å². The van der Waals surface area contributed by atoms with Gasteiger partial charge in [-0.05, 0) is 41.8 Å². The molecule has 1 radical (unpaired) electrons. The average Bonchev–Trinajstić information content (AvgIpc) is 2.76. The van der Waals surface area contributed by atoms with Gasteiger partial charge in [0.05, 0.1) is 24.1 Å². The average molecular weight is 440 g/mol. The van der Waals surface area contributed by atoms with Crippen molar-refractivity contribution in [3.8, 4) is 0 Å². The van der Waals surface area contributed by atoms with Gasteiger partial charge >= 0.3 is 0 Å². The topological polar surface area (TPSA) is 76.5 Å². The van der Waals surface area contributed by atoms with Crippen LogP contribution < -0.4 is 10.7 Å². The van der Waals surface area contributed by atoms with Crippen molar-refractivity contribution >= 4 is 28.4 Å². The number of carbonyl (C=O) groups excluding carboxylic acids is 1. The standard InChI is InChI=1S/C23H24ClN4O3/c1-15-11-17(14-28-7-9-31-10-8-28)12-19-21(15)27(2)26-20(22(19)29)23(30)25-13-16-3-5-18(24)6-4-16/h3-6,11-12H,1,7-10,13-14H2,2H3,(H,25,30). The maximum absolute atomic E-state index is 13.2. The highest BCUT2D eigenvalue weighted by Crippen LogP contribution is 2.19. The number of aromatic nitrogens is 2. The first-order valence-corrected chi connectivity index (χ1v) is 10.5. The third kappa shape index (κ3) is 4.79. The van der Waals surface area contributed by atoms with Gasteiger partial charge in [0.15, 0.2) is 5.69 Å². The summed E-state index contributed by atoms with van der Waals surface area (Å²) in [5.41, 5.74) is 2.67. The number of morpholine rings is 1. The number of hydrogen-bond donors (Lipinski definition) is 1. The number of aryl methyl sites for hydroxylation is 1. The molecule has 1 aromatic heterocycles. The fourth-order valence-corrected chi connectivity index (χ4v) is 3.94. The molecule has 161 valence electrons. The van der Waals surface area contributed by atoms with Crippen LogP contribution in [0.25, 0.3) is 10.9 Å². The van der Waals surface area contributed by atoms with Gasteiger partial charge in [-0.2, -0.15) is 5.10 Å². The second-order valence-electron chi connectivity index (χ2n) is 7.65. The minimum atomic E-state index is -0.512. The van der Waals surface area contributed by atoms with Crippen molar-refractivity contribution in [2.75, 3.05) is 26.3 Å². The van der Waals surface area contributed by atoms with Crippen molar-refractivity contribution in [1.29, 1.82) is 0 Å². The molecule has 0 bridgehead atoms. The monoisotopic (exact) mass is 439 g/mol. The number of carbonyl (C=O) groups is 1. The minimum Gasteiger partial charge on any atom is -0.379 e. The Labute approximate surface area is 185 Å². The normalized spacial score (nSPS) is 14.7. The van der Waals surface area contributed by atoms with Gasteiger partial charge in [-0.1, -0.05) is 29.8 Å². The SMILES string of the molecule is [CH2]c1cc(CN2CCOCC2)cc2c(=O)c(C(=O)NCc3ccc(Cl)cc3)nn(C)c12. The molecule has 1 aliphatic rings. The maximum Gasteiger partial charge on any atom is 0.276 e. The lowest BCUT2D eigenvalue weighted by Crippen LogP contribution is -2.35. The van der Waals surface area contributed by atoms with Gasteiger partial charge < -0.3 is 10.1 Å². The first kappa shape index (κ1) is 21.5. The Kier molecular flexibility index (Phi) is 6.36. The Morgan fingerprint density at radius 2 is 1.90 bits per heavy atom. The predicted molar refractivity (Wildman–Crippen MR) is 120 cm³/mol. The van der Waals surface area contributed by atoms with Crippen LogP contribution in [0, 0.1) is 6.92 Å². The number of ether oxygens (including phenoxy) is 1. The number of fused-ring (bicyclic) bond motifs is 1. The zero-order chi connectivity index (χ0) is 22.0. The van der Waals surface area contributed by atoms with E-state index in [1.165, 1.54) is 0 Å². The highest BCUT2D eigenvalue weighted by Gasteiger charge is 2.19. The van der Waals surface area contributed by atoms with Crippen molar-refractivity contribution in [2.24, 2.45) is 7.05 Å². The number of amides is 1. The zero-order valence-corrected chi connectivity index (χ0v) is 18.1. The molecule has 0 spiro atoms. The summed E-state index contributed by atoms with van der Waals surface area (Å²) in [6.45, 7) is 8.18. The largest absolute Gasteiger partial charge is 0.379 e. The Hall–Kier alpha value is -2.74. The quantitative estimate of drug-likeness (QED) is 0.661. The number of hydrogen-bond acceptors (Lipinski definition) is 5. The van der Waals surface area contributed by atoms with Gasteiger partial charge in [0.1, 0.15) is 0 Å². The van der Waals surface area contributed by atoms with E-state index >= 15 is 0 Å². The van der Waals surface area contributed by atoms with Crippen molar-refractivity contribution in [3.05, 3.63) is 81.0 Å². The van der Waals surface area contributed by atoms with E-state index in [0.29, 0.717) is 41.2 Å². The Morgan fingerprint density at radius 1 is 1.19 bits per heavy atom. The molecule has 3 aromatic rings. The van der Waals surface area contributed by atoms with Crippen LogP contribution in [0.5, 0.6) is 0 Å². The van der Waals surface area contributed by atoms with Crippen LogP contribution in [-0.2, 0) is 24.9 Å². The van der Waals surface area contributed by atoms with E-state index in [-0.39, 0.29) is 12.2 Å². The second kappa shape index (κ2) is 9.18. The van der Waals surface area contributed by atoms with Gasteiger partial charge in [-0.25, -0.2) is 0 Å². The summed E-state index contributed by atoms with van der Waals surface area (Å²) in [4.78, 5) is 28.2. The zero-order valence-electron chi connectivity index (χ0n) is 17.4. The first-order chi connectivity index (χ1) is 14.9. The molecule has 1 fully saturated rings. The molecule has 1 amide bonds. The smallest absolute Gasteiger partial charge is 0.276 e. The summed E-state index contributed by atoms with van der Waals surface area (Å²) in [6, 6.07) is 11.0. The fraction of sp³-hybridized carbons (Fsp3) is 0.304. The molecule has 1 aliphatic heterocycles. The van der Waals surface area contributed by atoms with E-state index in [1.54, 1.807) is 23.9 Å². The summed E-state index contributed by atoms with van der Waals surface area (Å²) < 4.78 is 6.95. The molecule has 0 atom stereocenters. The van der Waals surface area contributed by atoms with Crippen LogP contribution in [-0.4, -0.2) is 46.9 Å². The summed E-state index contributed by atoms with van der Waals surface area (Å²) in [6.07, 6.45) is 0. The molecule has 0 aliphatic carbocycles. The number of halogens is 1. The van der Waals surface area contributed by atoms with Gasteiger partial charge in [0.2, 0.25) is 5.43 Å². The molecule has 0 saturated carbocycles. The highest BCUT2D eigenvalue weighted by atomic mass is 35.5. The molecule has 7 nitrogen and oxygen atoms in total. The molecule has 0 unspecified atom stereocenters. The summed E-state index contributed by atoms with van der Waals surface area (Å²) in [5.74, 6) is -0.512. The molecular formula is C23H24ClN4O3. The van der Waals surface area contributed by atoms with Crippen LogP contribution in [0.3, 0.4) is 0 Å². The fourth-order valence-electron chi connectivity index (χ4n) is 3.81. The summed E-state index contributed by atoms with van der Waals surface area (Å²) in [5, 5.41) is 8.08. The van der Waals surface area contributed by atoms with Crippen molar-refractivity contribution < 1.29 is 9.53 Å². The molecule has 1 saturated heterocycles. The summed E-state index contributed by atoms with van der Waals surface area (Å²) in [7, 11) is 1.72. The van der Waals surface area contributed by atoms with E-state index in [4.69, 9.17) is 16.3 Å². The lowest BCUT2D eigenvalue weighted by Gasteiger charge is -2.26. The van der Waals surface area contributed by atoms with E-state index in [2.05, 4.69) is 22.2 Å². The number of nitrogens with zero attached hydrogens (tertiary/aromatic N) is 3. The van der Waals surface area contributed by atoms with Crippen molar-refractivity contribution in [2.45, 2.75) is 13.1 Å². The van der Waals surface area contributed by atoms with Crippen LogP contribution >= 0.6 is 11.6 Å². The number of rotatable bonds is 5. The highest BCUT2D eigenvalue weighted by molar-refractivity contribution is 6.30. The van der Waals surface area contributed by atoms with E-state index in [1.807, 2.05) is 24.3 Å². The Balaban J connectivity index is 1.62.